The van der Waals surface area contributed by atoms with E-state index < -0.39 is 23.8 Å². The molecule has 1 aliphatic heterocycles. The fourth-order valence-corrected chi connectivity index (χ4v) is 9.59. The predicted molar refractivity (Wildman–Crippen MR) is 245 cm³/mol. The summed E-state index contributed by atoms with van der Waals surface area (Å²) in [6.07, 6.45) is 8.35. The van der Waals surface area contributed by atoms with Gasteiger partial charge in [0.05, 0.1) is 37.1 Å². The summed E-state index contributed by atoms with van der Waals surface area (Å²) >= 11 is 0. The van der Waals surface area contributed by atoms with Crippen LogP contribution < -0.4 is 9.47 Å². The second-order valence-electron chi connectivity index (χ2n) is 16.9. The number of aliphatic hydroxyl groups excluding tert-OH is 2. The molecule has 64 heavy (non-hydrogen) atoms. The van der Waals surface area contributed by atoms with E-state index in [0.717, 1.165) is 59.3 Å². The van der Waals surface area contributed by atoms with Gasteiger partial charge >= 0.3 is 6.09 Å². The van der Waals surface area contributed by atoms with Gasteiger partial charge in [0, 0.05) is 43.9 Å². The number of oxime groups is 1. The Hall–Kier alpha value is -5.53. The molecule has 0 bridgehead atoms. The standard InChI is InChI=1S/C52H63N3O9/c1-4-28-62-52-48(55(3)51(58)60-30-29-59-34-38-17-7-5-8-18-38)33-46(54-63-35-39-19-9-6-10-20-39)44-31-40(21-11-13-26-56)43(23-12-14-27-57)49(50(44)52)45-32-42(24-25-47(45)64-52)61-36-41-22-15-16-37(2)53-41/h4-10,15-20,22,24-25,31-32,40,43,48-50,56-57H,1,11-14,21,23,26-30,33-36H2,2-3H3. The maximum Gasteiger partial charge on any atom is 0.410 e. The number of aryl methyl sites for hydroxylation is 1. The normalized spacial score (nSPS) is 22.7. The lowest BCUT2D eigenvalue weighted by atomic mass is 9.55. The van der Waals surface area contributed by atoms with Crippen LogP contribution in [0, 0.1) is 24.7 Å². The van der Waals surface area contributed by atoms with Crippen LogP contribution in [0.25, 0.3) is 0 Å². The lowest BCUT2D eigenvalue weighted by Crippen LogP contribution is -2.69. The number of benzene rings is 3. The van der Waals surface area contributed by atoms with Crippen molar-refractivity contribution in [2.45, 2.75) is 89.4 Å². The number of aliphatic hydroxyl groups is 2. The molecule has 12 heteroatoms. The number of ether oxygens (including phenoxy) is 5. The van der Waals surface area contributed by atoms with Crippen LogP contribution in [-0.2, 0) is 38.9 Å². The van der Waals surface area contributed by atoms with Gasteiger partial charge in [-0.25, -0.2) is 4.79 Å². The summed E-state index contributed by atoms with van der Waals surface area (Å²) in [5.74, 6) is -0.627. The highest BCUT2D eigenvalue weighted by molar-refractivity contribution is 6.03. The third kappa shape index (κ3) is 11.2. The first-order chi connectivity index (χ1) is 31.3. The third-order valence-corrected chi connectivity index (χ3v) is 12.5. The quantitative estimate of drug-likeness (QED) is 0.0421. The Morgan fingerprint density at radius 1 is 0.906 bits per heavy atom. The SMILES string of the molecule is C=CCOC12Oc3ccc(OCc4cccc(C)n4)cc3C3C(CCCCO)C(CCCCO)C=C(C(=NOCc4ccccc4)CC1N(C)C(=O)OCCOCc1ccccc1)C32. The van der Waals surface area contributed by atoms with Gasteiger partial charge in [-0.2, -0.15) is 0 Å². The highest BCUT2D eigenvalue weighted by atomic mass is 16.7. The lowest BCUT2D eigenvalue weighted by molar-refractivity contribution is -0.253. The Morgan fingerprint density at radius 3 is 2.36 bits per heavy atom. The van der Waals surface area contributed by atoms with Crippen molar-refractivity contribution in [3.05, 3.63) is 149 Å². The summed E-state index contributed by atoms with van der Waals surface area (Å²) in [5.41, 5.74) is 6.36. The molecule has 4 aromatic rings. The highest BCUT2D eigenvalue weighted by Gasteiger charge is 2.65. The number of nitrogens with zero attached hydrogens (tertiary/aromatic N) is 3. The van der Waals surface area contributed by atoms with Crippen LogP contribution in [0.2, 0.25) is 0 Å². The monoisotopic (exact) mass is 873 g/mol. The number of aromatic nitrogens is 1. The molecule has 2 aliphatic carbocycles. The first-order valence-electron chi connectivity index (χ1n) is 22.7. The topological polar surface area (TPSA) is 141 Å². The van der Waals surface area contributed by atoms with E-state index in [-0.39, 0.29) is 63.8 Å². The average Bonchev–Trinajstić information content (AvgIpc) is 3.31. The number of likely N-dealkylation sites (N-methyl/N-ethyl adjacent to an activating group) is 1. The van der Waals surface area contributed by atoms with Gasteiger partial charge in [-0.05, 0) is 91.5 Å². The largest absolute Gasteiger partial charge is 0.487 e. The number of fused-ring (bicyclic) bond motifs is 2. The number of amides is 1. The zero-order chi connectivity index (χ0) is 44.7. The molecule has 1 aromatic heterocycles. The molecule has 0 saturated heterocycles. The predicted octanol–water partition coefficient (Wildman–Crippen LogP) is 9.09. The Morgan fingerprint density at radius 2 is 1.64 bits per heavy atom. The number of rotatable bonds is 23. The number of carbonyl (C=O) groups excluding carboxylic acids is 1. The molecule has 0 spiro atoms. The molecule has 2 N–H and O–H groups in total. The highest BCUT2D eigenvalue weighted by Crippen LogP contribution is 2.61. The van der Waals surface area contributed by atoms with Crippen LogP contribution in [0.5, 0.6) is 11.5 Å². The number of hydrogen-bond donors (Lipinski definition) is 2. The van der Waals surface area contributed by atoms with Gasteiger partial charge in [-0.3, -0.25) is 4.98 Å². The summed E-state index contributed by atoms with van der Waals surface area (Å²) in [6, 6.07) is 30.8. The summed E-state index contributed by atoms with van der Waals surface area (Å²) < 4.78 is 32.5. The maximum atomic E-state index is 14.2. The Balaban J connectivity index is 1.30. The second kappa shape index (κ2) is 22.9. The van der Waals surface area contributed by atoms with Crippen molar-refractivity contribution in [2.24, 2.45) is 22.9 Å². The molecular formula is C52H63N3O9. The van der Waals surface area contributed by atoms with Gasteiger partial charge in [0.1, 0.15) is 37.4 Å². The van der Waals surface area contributed by atoms with Crippen molar-refractivity contribution < 1.29 is 43.5 Å². The average molecular weight is 874 g/mol. The zero-order valence-electron chi connectivity index (χ0n) is 37.2. The summed E-state index contributed by atoms with van der Waals surface area (Å²) in [4.78, 5) is 26.6. The smallest absolute Gasteiger partial charge is 0.410 e. The van der Waals surface area contributed by atoms with E-state index in [9.17, 15) is 15.0 Å². The number of pyridine rings is 1. The van der Waals surface area contributed by atoms with Crippen LogP contribution in [0.4, 0.5) is 4.79 Å². The lowest BCUT2D eigenvalue weighted by Gasteiger charge is -2.59. The van der Waals surface area contributed by atoms with Crippen molar-refractivity contribution >= 4 is 11.8 Å². The molecule has 2 heterocycles. The molecule has 6 atom stereocenters. The van der Waals surface area contributed by atoms with Gasteiger partial charge in [0.2, 0.25) is 5.79 Å². The molecule has 7 rings (SSSR count). The minimum atomic E-state index is -1.41. The first kappa shape index (κ1) is 46.5. The van der Waals surface area contributed by atoms with Gasteiger partial charge in [-0.15, -0.1) is 6.58 Å². The molecule has 1 amide bonds. The Kier molecular flexibility index (Phi) is 16.6. The second-order valence-corrected chi connectivity index (χ2v) is 16.9. The number of carbonyl (C=O) groups is 1. The number of hydrogen-bond acceptors (Lipinski definition) is 11. The summed E-state index contributed by atoms with van der Waals surface area (Å²) in [6.45, 7) is 7.56. The molecule has 340 valence electrons. The van der Waals surface area contributed by atoms with Crippen molar-refractivity contribution in [2.75, 3.05) is 40.1 Å². The summed E-state index contributed by atoms with van der Waals surface area (Å²) in [5, 5.41) is 24.8. The van der Waals surface area contributed by atoms with Gasteiger partial charge in [0.15, 0.2) is 0 Å². The van der Waals surface area contributed by atoms with E-state index >= 15 is 0 Å². The minimum absolute atomic E-state index is 0.0502. The zero-order valence-corrected chi connectivity index (χ0v) is 37.2. The first-order valence-corrected chi connectivity index (χ1v) is 22.7. The third-order valence-electron chi connectivity index (χ3n) is 12.5. The number of allylic oxidation sites excluding steroid dienone is 1. The van der Waals surface area contributed by atoms with E-state index in [0.29, 0.717) is 43.3 Å². The molecule has 1 fully saturated rings. The van der Waals surface area contributed by atoms with E-state index in [1.165, 1.54) is 0 Å². The molecule has 12 nitrogen and oxygen atoms in total. The molecule has 3 aliphatic rings. The number of unbranched alkanes of at least 4 members (excludes halogenated alkanes) is 2. The van der Waals surface area contributed by atoms with Crippen LogP contribution in [0.1, 0.15) is 78.9 Å². The van der Waals surface area contributed by atoms with Gasteiger partial charge < -0.3 is 43.6 Å². The molecule has 3 aromatic carbocycles. The fourth-order valence-electron chi connectivity index (χ4n) is 9.59. The fraction of sp³-hybridized carbons (Fsp3) is 0.442. The van der Waals surface area contributed by atoms with Crippen molar-refractivity contribution in [3.8, 4) is 11.5 Å². The molecular weight excluding hydrogens is 811 g/mol. The summed E-state index contributed by atoms with van der Waals surface area (Å²) in [7, 11) is 1.72. The van der Waals surface area contributed by atoms with Crippen molar-refractivity contribution in [1.82, 2.24) is 9.88 Å². The van der Waals surface area contributed by atoms with Crippen molar-refractivity contribution in [1.29, 1.82) is 0 Å². The van der Waals surface area contributed by atoms with E-state index in [2.05, 4.69) is 23.7 Å². The van der Waals surface area contributed by atoms with Gasteiger partial charge in [0.25, 0.3) is 0 Å². The van der Waals surface area contributed by atoms with Crippen LogP contribution in [-0.4, -0.2) is 83.8 Å². The molecule has 1 saturated carbocycles. The minimum Gasteiger partial charge on any atom is -0.487 e. The van der Waals surface area contributed by atoms with Crippen LogP contribution >= 0.6 is 0 Å². The van der Waals surface area contributed by atoms with E-state index in [1.54, 1.807) is 18.0 Å². The van der Waals surface area contributed by atoms with Crippen LogP contribution in [0.3, 0.4) is 0 Å². The molecule has 6 unspecified atom stereocenters. The Bertz CT molecular complexity index is 2180. The molecule has 0 radical (unpaired) electrons. The van der Waals surface area contributed by atoms with E-state index in [4.69, 9.17) is 33.7 Å². The van der Waals surface area contributed by atoms with E-state index in [1.807, 2.05) is 97.9 Å². The van der Waals surface area contributed by atoms with Crippen LogP contribution in [0.15, 0.2) is 127 Å². The van der Waals surface area contributed by atoms with Gasteiger partial charge in [-0.1, -0.05) is 96.9 Å². The maximum absolute atomic E-state index is 14.2. The Labute approximate surface area is 377 Å². The van der Waals surface area contributed by atoms with Crippen molar-refractivity contribution in [3.63, 3.8) is 0 Å².